The second kappa shape index (κ2) is 10.5. The van der Waals surface area contributed by atoms with Gasteiger partial charge in [0.05, 0.1) is 10.7 Å². The van der Waals surface area contributed by atoms with Crippen molar-refractivity contribution in [3.8, 4) is 0 Å². The van der Waals surface area contributed by atoms with Crippen LogP contribution in [0.5, 0.6) is 0 Å². The van der Waals surface area contributed by atoms with Gasteiger partial charge in [-0.15, -0.1) is 23.5 Å². The van der Waals surface area contributed by atoms with Crippen LogP contribution in [-0.4, -0.2) is 15.8 Å². The first kappa shape index (κ1) is 19.1. The van der Waals surface area contributed by atoms with Crippen LogP contribution in [0.2, 0.25) is 0 Å². The van der Waals surface area contributed by atoms with E-state index in [4.69, 9.17) is 0 Å². The van der Waals surface area contributed by atoms with Crippen LogP contribution in [0.1, 0.15) is 18.4 Å². The van der Waals surface area contributed by atoms with Crippen LogP contribution in [0.25, 0.3) is 0 Å². The van der Waals surface area contributed by atoms with Crippen molar-refractivity contribution >= 4 is 23.5 Å². The maximum absolute atomic E-state index is 10.6. The van der Waals surface area contributed by atoms with Gasteiger partial charge in [0, 0.05) is 9.79 Å². The third-order valence-corrected chi connectivity index (χ3v) is 6.67. The van der Waals surface area contributed by atoms with Crippen molar-refractivity contribution in [1.29, 1.82) is 0 Å². The third kappa shape index (κ3) is 6.56. The van der Waals surface area contributed by atoms with Gasteiger partial charge in [0.25, 0.3) is 0 Å². The molecule has 0 saturated carbocycles. The predicted molar refractivity (Wildman–Crippen MR) is 114 cm³/mol. The van der Waals surface area contributed by atoms with Crippen molar-refractivity contribution in [3.05, 3.63) is 96.6 Å². The molecule has 3 aromatic rings. The molecule has 26 heavy (non-hydrogen) atoms. The fourth-order valence-corrected chi connectivity index (χ4v) is 5.47. The molecule has 0 aliphatic heterocycles. The lowest BCUT2D eigenvalue weighted by atomic mass is 10.1. The Balaban J connectivity index is 1.60. The van der Waals surface area contributed by atoms with Crippen LogP contribution in [0.3, 0.4) is 0 Å². The van der Waals surface area contributed by atoms with Gasteiger partial charge in [-0.1, -0.05) is 66.7 Å². The molecule has 1 nitrogen and oxygen atoms in total. The van der Waals surface area contributed by atoms with Crippen LogP contribution in [-0.2, 0) is 6.42 Å². The number of hydrogen-bond acceptors (Lipinski definition) is 3. The van der Waals surface area contributed by atoms with E-state index >= 15 is 0 Å². The molecule has 0 aliphatic carbocycles. The van der Waals surface area contributed by atoms with E-state index in [2.05, 4.69) is 72.8 Å². The molecule has 3 aromatic carbocycles. The Kier molecular flexibility index (Phi) is 7.68. The molecular formula is C23H24OS2. The quantitative estimate of drug-likeness (QED) is 0.348. The lowest BCUT2D eigenvalue weighted by Gasteiger charge is -2.20. The van der Waals surface area contributed by atoms with Crippen molar-refractivity contribution in [2.45, 2.75) is 39.7 Å². The number of aliphatic hydroxyl groups is 1. The Morgan fingerprint density at radius 3 is 1.62 bits per heavy atom. The van der Waals surface area contributed by atoms with E-state index < -0.39 is 0 Å². The van der Waals surface area contributed by atoms with Crippen molar-refractivity contribution in [1.82, 2.24) is 0 Å². The van der Waals surface area contributed by atoms with Gasteiger partial charge < -0.3 is 5.11 Å². The minimum atomic E-state index is -0.298. The van der Waals surface area contributed by atoms with Gasteiger partial charge in [0.2, 0.25) is 0 Å². The molecule has 1 unspecified atom stereocenters. The zero-order chi connectivity index (χ0) is 18.0. The number of hydrogen-bond donors (Lipinski definition) is 1. The SMILES string of the molecule is OC(CCc1ccccc1)CC(Sc1ccccc1)Sc1ccccc1. The molecule has 0 radical (unpaired) electrons. The highest BCUT2D eigenvalue weighted by Crippen LogP contribution is 2.38. The van der Waals surface area contributed by atoms with Crippen LogP contribution in [0.4, 0.5) is 0 Å². The summed E-state index contributed by atoms with van der Waals surface area (Å²) in [7, 11) is 0. The smallest absolute Gasteiger partial charge is 0.0621 e. The van der Waals surface area contributed by atoms with E-state index in [0.29, 0.717) is 0 Å². The van der Waals surface area contributed by atoms with Crippen LogP contribution in [0.15, 0.2) is 101 Å². The summed E-state index contributed by atoms with van der Waals surface area (Å²) in [4.78, 5) is 2.49. The average Bonchev–Trinajstić information content (AvgIpc) is 2.69. The maximum Gasteiger partial charge on any atom is 0.0621 e. The zero-order valence-corrected chi connectivity index (χ0v) is 16.3. The average molecular weight is 381 g/mol. The van der Waals surface area contributed by atoms with Gasteiger partial charge in [-0.25, -0.2) is 0 Å². The topological polar surface area (TPSA) is 20.2 Å². The predicted octanol–water partition coefficient (Wildman–Crippen LogP) is 6.28. The second-order valence-corrected chi connectivity index (χ2v) is 9.06. The monoisotopic (exact) mass is 380 g/mol. The molecule has 0 heterocycles. The normalized spacial score (nSPS) is 12.2. The lowest BCUT2D eigenvalue weighted by Crippen LogP contribution is -2.14. The lowest BCUT2D eigenvalue weighted by molar-refractivity contribution is 0.160. The van der Waals surface area contributed by atoms with E-state index in [1.165, 1.54) is 15.4 Å². The van der Waals surface area contributed by atoms with Crippen LogP contribution < -0.4 is 0 Å². The Morgan fingerprint density at radius 2 is 1.12 bits per heavy atom. The highest BCUT2D eigenvalue weighted by molar-refractivity contribution is 8.17. The van der Waals surface area contributed by atoms with Gasteiger partial charge in [-0.05, 0) is 49.1 Å². The van der Waals surface area contributed by atoms with E-state index in [0.717, 1.165) is 19.3 Å². The summed E-state index contributed by atoms with van der Waals surface area (Å²) in [6.07, 6.45) is 2.19. The molecule has 3 heteroatoms. The van der Waals surface area contributed by atoms with Gasteiger partial charge in [-0.2, -0.15) is 0 Å². The van der Waals surface area contributed by atoms with E-state index in [1.54, 1.807) is 0 Å². The molecule has 134 valence electrons. The largest absolute Gasteiger partial charge is 0.393 e. The van der Waals surface area contributed by atoms with E-state index in [9.17, 15) is 5.11 Å². The van der Waals surface area contributed by atoms with Gasteiger partial charge in [0.15, 0.2) is 0 Å². The first-order valence-corrected chi connectivity index (χ1v) is 10.7. The van der Waals surface area contributed by atoms with Gasteiger partial charge in [0.1, 0.15) is 0 Å². The number of benzene rings is 3. The summed E-state index contributed by atoms with van der Waals surface area (Å²) in [5, 5.41) is 10.6. The molecule has 0 spiro atoms. The van der Waals surface area contributed by atoms with Crippen LogP contribution >= 0.6 is 23.5 Å². The van der Waals surface area contributed by atoms with Crippen molar-refractivity contribution < 1.29 is 5.11 Å². The summed E-state index contributed by atoms with van der Waals surface area (Å²) >= 11 is 3.67. The highest BCUT2D eigenvalue weighted by Gasteiger charge is 2.17. The minimum absolute atomic E-state index is 0.283. The summed E-state index contributed by atoms with van der Waals surface area (Å²) in [5.74, 6) is 0. The molecule has 0 aliphatic rings. The zero-order valence-electron chi connectivity index (χ0n) is 14.7. The standard InChI is InChI=1S/C23H24OS2/c24-20(17-16-19-10-4-1-5-11-19)18-23(25-21-12-6-2-7-13-21)26-22-14-8-3-9-15-22/h1-15,20,23-24H,16-18H2. The Morgan fingerprint density at radius 1 is 0.654 bits per heavy atom. The summed E-state index contributed by atoms with van der Waals surface area (Å²) in [6, 6.07) is 31.3. The second-order valence-electron chi connectivity index (χ2n) is 6.21. The summed E-state index contributed by atoms with van der Waals surface area (Å²) < 4.78 is 0.283. The van der Waals surface area contributed by atoms with E-state index in [-0.39, 0.29) is 10.7 Å². The molecule has 3 rings (SSSR count). The van der Waals surface area contributed by atoms with Crippen LogP contribution in [0, 0.1) is 0 Å². The van der Waals surface area contributed by atoms with Crippen molar-refractivity contribution in [2.24, 2.45) is 0 Å². The Bertz CT molecular complexity index is 705. The molecule has 0 fully saturated rings. The molecule has 0 aromatic heterocycles. The van der Waals surface area contributed by atoms with Crippen molar-refractivity contribution in [2.75, 3.05) is 0 Å². The fourth-order valence-electron chi connectivity index (χ4n) is 2.74. The Hall–Kier alpha value is -1.68. The van der Waals surface area contributed by atoms with E-state index in [1.807, 2.05) is 41.7 Å². The molecule has 0 saturated heterocycles. The number of aryl methyl sites for hydroxylation is 1. The summed E-state index contributed by atoms with van der Waals surface area (Å²) in [5.41, 5.74) is 1.29. The first-order chi connectivity index (χ1) is 12.8. The molecule has 1 N–H and O–H groups in total. The highest BCUT2D eigenvalue weighted by atomic mass is 32.2. The molecule has 0 amide bonds. The molecule has 1 atom stereocenters. The number of rotatable bonds is 9. The van der Waals surface area contributed by atoms with Gasteiger partial charge in [-0.3, -0.25) is 0 Å². The Labute approximate surface area is 164 Å². The van der Waals surface area contributed by atoms with Crippen molar-refractivity contribution in [3.63, 3.8) is 0 Å². The minimum Gasteiger partial charge on any atom is -0.393 e. The third-order valence-electron chi connectivity index (χ3n) is 4.10. The fraction of sp³-hybridized carbons (Fsp3) is 0.217. The first-order valence-electron chi connectivity index (χ1n) is 8.95. The number of aliphatic hydroxyl groups excluding tert-OH is 1. The maximum atomic E-state index is 10.6. The number of thioether (sulfide) groups is 2. The summed E-state index contributed by atoms with van der Waals surface area (Å²) in [6.45, 7) is 0. The molecular weight excluding hydrogens is 356 g/mol. The van der Waals surface area contributed by atoms with Gasteiger partial charge >= 0.3 is 0 Å². The molecule has 0 bridgehead atoms.